The SMILES string of the molecule is Cl.OCC1CNCCN1Cc1ccccc1. The van der Waals surface area contributed by atoms with Crippen molar-refractivity contribution in [1.29, 1.82) is 0 Å². The Morgan fingerprint density at radius 2 is 2.06 bits per heavy atom. The van der Waals surface area contributed by atoms with Crippen LogP contribution in [0.2, 0.25) is 0 Å². The number of piperazine rings is 1. The van der Waals surface area contributed by atoms with Gasteiger partial charge in [0, 0.05) is 32.2 Å². The molecule has 90 valence electrons. The summed E-state index contributed by atoms with van der Waals surface area (Å²) in [7, 11) is 0. The van der Waals surface area contributed by atoms with Crippen LogP contribution in [0, 0.1) is 0 Å². The maximum atomic E-state index is 9.26. The molecular formula is C12H19ClN2O. The van der Waals surface area contributed by atoms with Gasteiger partial charge in [0.1, 0.15) is 0 Å². The Kier molecular flexibility index (Phi) is 5.77. The Bertz CT molecular complexity index is 294. The molecule has 1 atom stereocenters. The Hall–Kier alpha value is -0.610. The molecule has 0 saturated carbocycles. The Balaban J connectivity index is 0.00000128. The minimum atomic E-state index is 0. The smallest absolute Gasteiger partial charge is 0.0599 e. The summed E-state index contributed by atoms with van der Waals surface area (Å²) in [5.41, 5.74) is 1.32. The number of nitrogens with one attached hydrogen (secondary N) is 1. The van der Waals surface area contributed by atoms with Gasteiger partial charge in [0.2, 0.25) is 0 Å². The van der Waals surface area contributed by atoms with Gasteiger partial charge in [-0.15, -0.1) is 12.4 Å². The number of aliphatic hydroxyl groups is 1. The van der Waals surface area contributed by atoms with Gasteiger partial charge in [0.05, 0.1) is 6.61 Å². The van der Waals surface area contributed by atoms with Crippen LogP contribution < -0.4 is 5.32 Å². The average Bonchev–Trinajstić information content (AvgIpc) is 2.31. The Morgan fingerprint density at radius 3 is 2.75 bits per heavy atom. The van der Waals surface area contributed by atoms with Crippen molar-refractivity contribution in [2.75, 3.05) is 26.2 Å². The topological polar surface area (TPSA) is 35.5 Å². The first-order valence-electron chi connectivity index (χ1n) is 5.49. The van der Waals surface area contributed by atoms with E-state index in [9.17, 15) is 5.11 Å². The number of halogens is 1. The van der Waals surface area contributed by atoms with Gasteiger partial charge in [-0.25, -0.2) is 0 Å². The van der Waals surface area contributed by atoms with E-state index >= 15 is 0 Å². The van der Waals surface area contributed by atoms with E-state index in [-0.39, 0.29) is 25.1 Å². The summed E-state index contributed by atoms with van der Waals surface area (Å²) in [6, 6.07) is 10.7. The van der Waals surface area contributed by atoms with Crippen molar-refractivity contribution in [3.05, 3.63) is 35.9 Å². The van der Waals surface area contributed by atoms with Crippen molar-refractivity contribution in [3.8, 4) is 0 Å². The van der Waals surface area contributed by atoms with Crippen molar-refractivity contribution in [1.82, 2.24) is 10.2 Å². The number of rotatable bonds is 3. The third-order valence-corrected chi connectivity index (χ3v) is 2.91. The molecule has 0 radical (unpaired) electrons. The van der Waals surface area contributed by atoms with Crippen LogP contribution in [0.15, 0.2) is 30.3 Å². The summed E-state index contributed by atoms with van der Waals surface area (Å²) in [5, 5.41) is 12.6. The normalized spacial score (nSPS) is 21.4. The first kappa shape index (κ1) is 13.5. The van der Waals surface area contributed by atoms with Crippen LogP contribution >= 0.6 is 12.4 Å². The molecule has 1 aromatic rings. The molecule has 16 heavy (non-hydrogen) atoms. The summed E-state index contributed by atoms with van der Waals surface area (Å²) in [6.45, 7) is 4.10. The van der Waals surface area contributed by atoms with Gasteiger partial charge in [-0.3, -0.25) is 4.90 Å². The van der Waals surface area contributed by atoms with Gasteiger partial charge in [0.25, 0.3) is 0 Å². The monoisotopic (exact) mass is 242 g/mol. The molecule has 1 aliphatic heterocycles. The molecule has 1 aromatic carbocycles. The van der Waals surface area contributed by atoms with Crippen LogP contribution in [0.1, 0.15) is 5.56 Å². The van der Waals surface area contributed by atoms with Crippen LogP contribution in [0.5, 0.6) is 0 Å². The number of hydrogen-bond donors (Lipinski definition) is 2. The largest absolute Gasteiger partial charge is 0.395 e. The second kappa shape index (κ2) is 6.86. The second-order valence-electron chi connectivity index (χ2n) is 4.00. The molecule has 0 amide bonds. The van der Waals surface area contributed by atoms with E-state index in [4.69, 9.17) is 0 Å². The lowest BCUT2D eigenvalue weighted by molar-refractivity contribution is 0.0946. The molecule has 1 fully saturated rings. The number of hydrogen-bond acceptors (Lipinski definition) is 3. The molecular weight excluding hydrogens is 224 g/mol. The first-order chi connectivity index (χ1) is 7.40. The molecule has 1 aliphatic rings. The van der Waals surface area contributed by atoms with Gasteiger partial charge >= 0.3 is 0 Å². The van der Waals surface area contributed by atoms with E-state index < -0.39 is 0 Å². The number of aliphatic hydroxyl groups excluding tert-OH is 1. The summed E-state index contributed by atoms with van der Waals surface area (Å²) < 4.78 is 0. The van der Waals surface area contributed by atoms with E-state index in [1.807, 2.05) is 6.07 Å². The fraction of sp³-hybridized carbons (Fsp3) is 0.500. The van der Waals surface area contributed by atoms with Gasteiger partial charge < -0.3 is 10.4 Å². The molecule has 0 bridgehead atoms. The standard InChI is InChI=1S/C12H18N2O.ClH/c15-10-12-8-13-6-7-14(12)9-11-4-2-1-3-5-11;/h1-5,12-13,15H,6-10H2;1H. The van der Waals surface area contributed by atoms with Crippen molar-refractivity contribution in [3.63, 3.8) is 0 Å². The van der Waals surface area contributed by atoms with Crippen molar-refractivity contribution >= 4 is 12.4 Å². The fourth-order valence-electron chi connectivity index (χ4n) is 2.01. The molecule has 0 aliphatic carbocycles. The molecule has 3 nitrogen and oxygen atoms in total. The molecule has 2 rings (SSSR count). The van der Waals surface area contributed by atoms with E-state index in [1.54, 1.807) is 0 Å². The summed E-state index contributed by atoms with van der Waals surface area (Å²) in [6.07, 6.45) is 0. The molecule has 1 saturated heterocycles. The third-order valence-electron chi connectivity index (χ3n) is 2.91. The Morgan fingerprint density at radius 1 is 1.31 bits per heavy atom. The lowest BCUT2D eigenvalue weighted by atomic mass is 10.1. The highest BCUT2D eigenvalue weighted by atomic mass is 35.5. The van der Waals surface area contributed by atoms with Gasteiger partial charge in [-0.05, 0) is 5.56 Å². The summed E-state index contributed by atoms with van der Waals surface area (Å²) >= 11 is 0. The lowest BCUT2D eigenvalue weighted by Gasteiger charge is -2.35. The fourth-order valence-corrected chi connectivity index (χ4v) is 2.01. The zero-order chi connectivity index (χ0) is 10.5. The Labute approximate surface area is 103 Å². The third kappa shape index (κ3) is 3.46. The van der Waals surface area contributed by atoms with Crippen molar-refractivity contribution in [2.24, 2.45) is 0 Å². The quantitative estimate of drug-likeness (QED) is 0.826. The first-order valence-corrected chi connectivity index (χ1v) is 5.49. The van der Waals surface area contributed by atoms with E-state index in [0.717, 1.165) is 26.2 Å². The van der Waals surface area contributed by atoms with Gasteiger partial charge in [0.15, 0.2) is 0 Å². The number of nitrogens with zero attached hydrogens (tertiary/aromatic N) is 1. The molecule has 1 unspecified atom stereocenters. The lowest BCUT2D eigenvalue weighted by Crippen LogP contribution is -2.52. The molecule has 2 N–H and O–H groups in total. The summed E-state index contributed by atoms with van der Waals surface area (Å²) in [5.74, 6) is 0. The van der Waals surface area contributed by atoms with E-state index in [2.05, 4.69) is 34.5 Å². The van der Waals surface area contributed by atoms with Crippen LogP contribution in [0.4, 0.5) is 0 Å². The zero-order valence-corrected chi connectivity index (χ0v) is 10.1. The minimum Gasteiger partial charge on any atom is -0.395 e. The van der Waals surface area contributed by atoms with Crippen molar-refractivity contribution in [2.45, 2.75) is 12.6 Å². The van der Waals surface area contributed by atoms with E-state index in [0.29, 0.717) is 0 Å². The maximum absolute atomic E-state index is 9.26. The molecule has 4 heteroatoms. The van der Waals surface area contributed by atoms with Crippen LogP contribution in [0.25, 0.3) is 0 Å². The second-order valence-corrected chi connectivity index (χ2v) is 4.00. The summed E-state index contributed by atoms with van der Waals surface area (Å²) in [4.78, 5) is 2.34. The van der Waals surface area contributed by atoms with E-state index in [1.165, 1.54) is 5.56 Å². The zero-order valence-electron chi connectivity index (χ0n) is 9.30. The van der Waals surface area contributed by atoms with Crippen LogP contribution in [0.3, 0.4) is 0 Å². The molecule has 0 spiro atoms. The highest BCUT2D eigenvalue weighted by Crippen LogP contribution is 2.09. The predicted octanol–water partition coefficient (Wildman–Crippen LogP) is 0.874. The van der Waals surface area contributed by atoms with Crippen LogP contribution in [-0.4, -0.2) is 42.3 Å². The van der Waals surface area contributed by atoms with Gasteiger partial charge in [-0.2, -0.15) is 0 Å². The predicted molar refractivity (Wildman–Crippen MR) is 67.8 cm³/mol. The average molecular weight is 243 g/mol. The maximum Gasteiger partial charge on any atom is 0.0599 e. The van der Waals surface area contributed by atoms with Gasteiger partial charge in [-0.1, -0.05) is 30.3 Å². The van der Waals surface area contributed by atoms with Crippen LogP contribution in [-0.2, 0) is 6.54 Å². The highest BCUT2D eigenvalue weighted by Gasteiger charge is 2.20. The highest BCUT2D eigenvalue weighted by molar-refractivity contribution is 5.85. The molecule has 1 heterocycles. The molecule has 0 aromatic heterocycles. The number of benzene rings is 1. The van der Waals surface area contributed by atoms with Crippen molar-refractivity contribution < 1.29 is 5.11 Å². The minimum absolute atomic E-state index is 0.